The molecule has 1 aliphatic heterocycles. The number of aliphatic hydroxyl groups is 1. The molecule has 0 saturated carbocycles. The quantitative estimate of drug-likeness (QED) is 0.772. The largest absolute Gasteiger partial charge is 0.393 e. The second-order valence-corrected chi connectivity index (χ2v) is 3.94. The third-order valence-corrected chi connectivity index (χ3v) is 3.06. The summed E-state index contributed by atoms with van der Waals surface area (Å²) in [7, 11) is 0. The Morgan fingerprint density at radius 3 is 2.86 bits per heavy atom. The van der Waals surface area contributed by atoms with Crippen LogP contribution in [0.5, 0.6) is 0 Å². The summed E-state index contributed by atoms with van der Waals surface area (Å²) in [5, 5.41) is 9.69. The van der Waals surface area contributed by atoms with Gasteiger partial charge < -0.3 is 10.0 Å². The van der Waals surface area contributed by atoms with Crippen LogP contribution in [0.1, 0.15) is 25.3 Å². The van der Waals surface area contributed by atoms with Crippen LogP contribution in [-0.2, 0) is 0 Å². The first kappa shape index (κ1) is 9.53. The van der Waals surface area contributed by atoms with E-state index in [2.05, 4.69) is 30.0 Å². The van der Waals surface area contributed by atoms with Gasteiger partial charge in [0.2, 0.25) is 0 Å². The van der Waals surface area contributed by atoms with Crippen LogP contribution >= 0.6 is 0 Å². The molecule has 0 amide bonds. The normalized spacial score (nSPS) is 22.2. The van der Waals surface area contributed by atoms with E-state index in [0.29, 0.717) is 0 Å². The van der Waals surface area contributed by atoms with E-state index in [1.165, 1.54) is 11.3 Å². The first-order chi connectivity index (χ1) is 6.74. The second kappa shape index (κ2) is 3.62. The maximum atomic E-state index is 9.69. The Morgan fingerprint density at radius 1 is 1.50 bits per heavy atom. The van der Waals surface area contributed by atoms with E-state index in [4.69, 9.17) is 0 Å². The second-order valence-electron chi connectivity index (χ2n) is 3.94. The fourth-order valence-electron chi connectivity index (χ4n) is 2.24. The number of para-hydroxylation sites is 1. The zero-order chi connectivity index (χ0) is 10.1. The third kappa shape index (κ3) is 1.40. The van der Waals surface area contributed by atoms with Gasteiger partial charge in [0.15, 0.2) is 0 Å². The molecule has 2 heteroatoms. The van der Waals surface area contributed by atoms with E-state index in [-0.39, 0.29) is 12.0 Å². The molecule has 1 N–H and O–H groups in total. The van der Waals surface area contributed by atoms with Gasteiger partial charge in [-0.3, -0.25) is 0 Å². The van der Waals surface area contributed by atoms with Gasteiger partial charge in [-0.2, -0.15) is 0 Å². The van der Waals surface area contributed by atoms with Gasteiger partial charge in [-0.1, -0.05) is 18.2 Å². The van der Waals surface area contributed by atoms with Crippen LogP contribution in [0, 0.1) is 0 Å². The van der Waals surface area contributed by atoms with Gasteiger partial charge in [0, 0.05) is 24.7 Å². The molecule has 1 aromatic carbocycles. The Balaban J connectivity index is 2.38. The van der Waals surface area contributed by atoms with Gasteiger partial charge in [-0.05, 0) is 25.5 Å². The van der Waals surface area contributed by atoms with Crippen molar-refractivity contribution in [1.82, 2.24) is 0 Å². The molecule has 0 fully saturated rings. The number of likely N-dealkylation sites (N-methyl/N-ethyl adjacent to an activating group) is 1. The first-order valence-corrected chi connectivity index (χ1v) is 5.26. The lowest BCUT2D eigenvalue weighted by Gasteiger charge is -2.18. The van der Waals surface area contributed by atoms with Crippen molar-refractivity contribution in [3.8, 4) is 0 Å². The van der Waals surface area contributed by atoms with E-state index >= 15 is 0 Å². The molecular formula is C12H17NO. The lowest BCUT2D eigenvalue weighted by molar-refractivity contribution is 0.167. The molecule has 76 valence electrons. The van der Waals surface area contributed by atoms with Crippen LogP contribution in [0.4, 0.5) is 5.69 Å². The SMILES string of the molecule is CCN1CC(C(C)O)c2ccccc21. The van der Waals surface area contributed by atoms with Gasteiger partial charge >= 0.3 is 0 Å². The molecule has 0 spiro atoms. The number of benzene rings is 1. The Bertz CT molecular complexity index is 322. The molecule has 1 heterocycles. The fourth-order valence-corrected chi connectivity index (χ4v) is 2.24. The number of fused-ring (bicyclic) bond motifs is 1. The first-order valence-electron chi connectivity index (χ1n) is 5.26. The standard InChI is InChI=1S/C12H17NO/c1-3-13-8-11(9(2)14)10-6-4-5-7-12(10)13/h4-7,9,11,14H,3,8H2,1-2H3. The molecule has 0 aromatic heterocycles. The molecule has 1 aromatic rings. The molecule has 2 nitrogen and oxygen atoms in total. The van der Waals surface area contributed by atoms with E-state index in [9.17, 15) is 5.11 Å². The fraction of sp³-hybridized carbons (Fsp3) is 0.500. The van der Waals surface area contributed by atoms with Gasteiger partial charge in [-0.15, -0.1) is 0 Å². The highest BCUT2D eigenvalue weighted by Crippen LogP contribution is 2.37. The van der Waals surface area contributed by atoms with Crippen molar-refractivity contribution >= 4 is 5.69 Å². The van der Waals surface area contributed by atoms with Gasteiger partial charge in [0.1, 0.15) is 0 Å². The molecule has 2 unspecified atom stereocenters. The Hall–Kier alpha value is -1.02. The monoisotopic (exact) mass is 191 g/mol. The number of hydrogen-bond acceptors (Lipinski definition) is 2. The number of anilines is 1. The average molecular weight is 191 g/mol. The van der Waals surface area contributed by atoms with Crippen LogP contribution < -0.4 is 4.90 Å². The molecule has 2 atom stereocenters. The summed E-state index contributed by atoms with van der Waals surface area (Å²) in [6.45, 7) is 6.00. The van der Waals surface area contributed by atoms with Crippen molar-refractivity contribution in [1.29, 1.82) is 0 Å². The van der Waals surface area contributed by atoms with Crippen molar-refractivity contribution in [2.24, 2.45) is 0 Å². The molecule has 14 heavy (non-hydrogen) atoms. The summed E-state index contributed by atoms with van der Waals surface area (Å²) in [6, 6.07) is 8.38. The predicted octanol–water partition coefficient (Wildman–Crippen LogP) is 1.99. The van der Waals surface area contributed by atoms with E-state index in [1.54, 1.807) is 0 Å². The Kier molecular flexibility index (Phi) is 2.46. The smallest absolute Gasteiger partial charge is 0.0598 e. The van der Waals surface area contributed by atoms with E-state index in [1.807, 2.05) is 13.0 Å². The number of hydrogen-bond donors (Lipinski definition) is 1. The zero-order valence-electron chi connectivity index (χ0n) is 8.77. The number of aliphatic hydroxyl groups excluding tert-OH is 1. The summed E-state index contributed by atoms with van der Waals surface area (Å²) in [4.78, 5) is 2.33. The Labute approximate surface area is 85.2 Å². The summed E-state index contributed by atoms with van der Waals surface area (Å²) in [6.07, 6.45) is -0.257. The highest BCUT2D eigenvalue weighted by Gasteiger charge is 2.29. The summed E-state index contributed by atoms with van der Waals surface area (Å²) >= 11 is 0. The molecule has 1 aliphatic rings. The highest BCUT2D eigenvalue weighted by molar-refractivity contribution is 5.60. The zero-order valence-corrected chi connectivity index (χ0v) is 8.77. The van der Waals surface area contributed by atoms with Gasteiger partial charge in [-0.25, -0.2) is 0 Å². The van der Waals surface area contributed by atoms with Crippen LogP contribution in [0.15, 0.2) is 24.3 Å². The highest BCUT2D eigenvalue weighted by atomic mass is 16.3. The van der Waals surface area contributed by atoms with E-state index in [0.717, 1.165) is 13.1 Å². The van der Waals surface area contributed by atoms with Crippen molar-refractivity contribution < 1.29 is 5.11 Å². The van der Waals surface area contributed by atoms with Crippen molar-refractivity contribution in [3.63, 3.8) is 0 Å². The lowest BCUT2D eigenvalue weighted by Crippen LogP contribution is -2.25. The number of nitrogens with zero attached hydrogens (tertiary/aromatic N) is 1. The summed E-state index contributed by atoms with van der Waals surface area (Å²) in [5.74, 6) is 0.283. The molecular weight excluding hydrogens is 174 g/mol. The van der Waals surface area contributed by atoms with Gasteiger partial charge in [0.05, 0.1) is 6.10 Å². The molecule has 0 radical (unpaired) electrons. The molecule has 0 aliphatic carbocycles. The molecule has 2 rings (SSSR count). The van der Waals surface area contributed by atoms with Crippen molar-refractivity contribution in [2.45, 2.75) is 25.9 Å². The minimum absolute atomic E-state index is 0.257. The third-order valence-electron chi connectivity index (χ3n) is 3.06. The summed E-state index contributed by atoms with van der Waals surface area (Å²) < 4.78 is 0. The minimum Gasteiger partial charge on any atom is -0.393 e. The average Bonchev–Trinajstić information content (AvgIpc) is 2.56. The topological polar surface area (TPSA) is 23.5 Å². The van der Waals surface area contributed by atoms with Crippen molar-refractivity contribution in [3.05, 3.63) is 29.8 Å². The van der Waals surface area contributed by atoms with Crippen LogP contribution in [-0.4, -0.2) is 24.3 Å². The molecule has 0 saturated heterocycles. The predicted molar refractivity (Wildman–Crippen MR) is 58.8 cm³/mol. The lowest BCUT2D eigenvalue weighted by atomic mass is 9.97. The van der Waals surface area contributed by atoms with Crippen LogP contribution in [0.2, 0.25) is 0 Å². The van der Waals surface area contributed by atoms with Crippen LogP contribution in [0.25, 0.3) is 0 Å². The van der Waals surface area contributed by atoms with Crippen molar-refractivity contribution in [2.75, 3.05) is 18.0 Å². The number of rotatable bonds is 2. The van der Waals surface area contributed by atoms with E-state index < -0.39 is 0 Å². The minimum atomic E-state index is -0.257. The maximum Gasteiger partial charge on any atom is 0.0598 e. The maximum absolute atomic E-state index is 9.69. The van der Waals surface area contributed by atoms with Crippen LogP contribution in [0.3, 0.4) is 0 Å². The Morgan fingerprint density at radius 2 is 2.21 bits per heavy atom. The molecule has 0 bridgehead atoms. The van der Waals surface area contributed by atoms with Gasteiger partial charge in [0.25, 0.3) is 0 Å². The summed E-state index contributed by atoms with van der Waals surface area (Å²) in [5.41, 5.74) is 2.59.